The van der Waals surface area contributed by atoms with Crippen LogP contribution in [-0.4, -0.2) is 38.1 Å². The van der Waals surface area contributed by atoms with Crippen LogP contribution in [0.15, 0.2) is 0 Å². The van der Waals surface area contributed by atoms with Gasteiger partial charge in [0.05, 0.1) is 12.2 Å². The van der Waals surface area contributed by atoms with E-state index in [1.54, 1.807) is 14.2 Å². The lowest BCUT2D eigenvalue weighted by molar-refractivity contribution is -0.0541. The van der Waals surface area contributed by atoms with Gasteiger partial charge in [-0.05, 0) is 12.8 Å². The molecule has 0 radical (unpaired) electrons. The summed E-state index contributed by atoms with van der Waals surface area (Å²) < 4.78 is 10.5. The predicted octanol–water partition coefficient (Wildman–Crippen LogP) is 0.809. The Morgan fingerprint density at radius 3 is 2.50 bits per heavy atom. The van der Waals surface area contributed by atoms with E-state index >= 15 is 0 Å². The number of methoxy groups -OCH3 is 2. The number of hydrogen-bond donors (Lipinski definition) is 1. The fraction of sp³-hybridized carbons (Fsp3) is 1.00. The molecule has 0 amide bonds. The van der Waals surface area contributed by atoms with Crippen molar-refractivity contribution < 1.29 is 14.6 Å². The third-order valence-electron chi connectivity index (χ3n) is 2.75. The molecule has 12 heavy (non-hydrogen) atoms. The van der Waals surface area contributed by atoms with Crippen molar-refractivity contribution in [3.63, 3.8) is 0 Å². The van der Waals surface area contributed by atoms with Gasteiger partial charge < -0.3 is 14.6 Å². The van der Waals surface area contributed by atoms with Crippen LogP contribution in [0.3, 0.4) is 0 Å². The van der Waals surface area contributed by atoms with Gasteiger partial charge in [0.1, 0.15) is 0 Å². The molecular weight excluding hydrogens is 156 g/mol. The molecule has 0 aliphatic heterocycles. The largest absolute Gasteiger partial charge is 0.396 e. The van der Waals surface area contributed by atoms with E-state index in [4.69, 9.17) is 14.6 Å². The molecule has 3 heteroatoms. The minimum Gasteiger partial charge on any atom is -0.396 e. The van der Waals surface area contributed by atoms with Gasteiger partial charge in [-0.3, -0.25) is 0 Å². The lowest BCUT2D eigenvalue weighted by Crippen LogP contribution is -2.36. The molecule has 1 rings (SSSR count). The number of ether oxygens (including phenoxy) is 2. The van der Waals surface area contributed by atoms with Crippen LogP contribution in [0.2, 0.25) is 0 Å². The van der Waals surface area contributed by atoms with Gasteiger partial charge in [0, 0.05) is 33.2 Å². The fourth-order valence-corrected chi connectivity index (χ4v) is 1.87. The van der Waals surface area contributed by atoms with Crippen LogP contribution in [0.5, 0.6) is 0 Å². The molecule has 3 nitrogen and oxygen atoms in total. The molecule has 0 bridgehead atoms. The van der Waals surface area contributed by atoms with Crippen LogP contribution >= 0.6 is 0 Å². The molecule has 1 N–H and O–H groups in total. The van der Waals surface area contributed by atoms with Gasteiger partial charge in [0.2, 0.25) is 0 Å². The lowest BCUT2D eigenvalue weighted by Gasteiger charge is -2.33. The lowest BCUT2D eigenvalue weighted by atomic mass is 9.85. The highest BCUT2D eigenvalue weighted by atomic mass is 16.5. The van der Waals surface area contributed by atoms with Gasteiger partial charge in [-0.25, -0.2) is 0 Å². The molecule has 1 aliphatic carbocycles. The fourth-order valence-electron chi connectivity index (χ4n) is 1.87. The minimum atomic E-state index is 0.175. The quantitative estimate of drug-likeness (QED) is 0.688. The molecule has 0 saturated heterocycles. The average molecular weight is 174 g/mol. The van der Waals surface area contributed by atoms with Crippen molar-refractivity contribution >= 4 is 0 Å². The van der Waals surface area contributed by atoms with Crippen molar-refractivity contribution in [3.05, 3.63) is 0 Å². The van der Waals surface area contributed by atoms with E-state index in [1.807, 2.05) is 0 Å². The third kappa shape index (κ3) is 2.19. The predicted molar refractivity (Wildman–Crippen MR) is 46.0 cm³/mol. The molecule has 72 valence electrons. The second kappa shape index (κ2) is 4.80. The summed E-state index contributed by atoms with van der Waals surface area (Å²) in [5, 5.41) is 9.03. The highest BCUT2D eigenvalue weighted by molar-refractivity contribution is 4.80. The molecule has 3 atom stereocenters. The van der Waals surface area contributed by atoms with Crippen LogP contribution in [0.1, 0.15) is 19.3 Å². The normalized spacial score (nSPS) is 36.8. The number of aliphatic hydroxyl groups is 1. The topological polar surface area (TPSA) is 38.7 Å². The zero-order chi connectivity index (χ0) is 8.97. The molecule has 1 aliphatic rings. The standard InChI is InChI=1S/C9H18O3/c1-11-8-4-3-7(6-10)9(5-8)12-2/h7-10H,3-6H2,1-2H3. The van der Waals surface area contributed by atoms with E-state index in [9.17, 15) is 0 Å². The third-order valence-corrected chi connectivity index (χ3v) is 2.75. The number of aliphatic hydroxyl groups excluding tert-OH is 1. The second-order valence-corrected chi connectivity index (χ2v) is 3.39. The van der Waals surface area contributed by atoms with Gasteiger partial charge in [0.25, 0.3) is 0 Å². The molecule has 1 fully saturated rings. The van der Waals surface area contributed by atoms with E-state index < -0.39 is 0 Å². The molecule has 0 aromatic heterocycles. The van der Waals surface area contributed by atoms with Gasteiger partial charge in [-0.1, -0.05) is 0 Å². The summed E-state index contributed by atoms with van der Waals surface area (Å²) in [7, 11) is 3.43. The van der Waals surface area contributed by atoms with Crippen LogP contribution in [0, 0.1) is 5.92 Å². The summed E-state index contributed by atoms with van der Waals surface area (Å²) in [5.74, 6) is 0.307. The Hall–Kier alpha value is -0.120. The highest BCUT2D eigenvalue weighted by Crippen LogP contribution is 2.27. The summed E-state index contributed by atoms with van der Waals surface area (Å²) in [6, 6.07) is 0. The maximum atomic E-state index is 9.03. The maximum absolute atomic E-state index is 9.03. The first kappa shape index (κ1) is 9.96. The van der Waals surface area contributed by atoms with Gasteiger partial charge in [0.15, 0.2) is 0 Å². The molecule has 0 aromatic carbocycles. The van der Waals surface area contributed by atoms with E-state index in [-0.39, 0.29) is 12.7 Å². The molecule has 0 spiro atoms. The Labute approximate surface area is 73.7 Å². The zero-order valence-electron chi connectivity index (χ0n) is 7.82. The Kier molecular flexibility index (Phi) is 3.98. The van der Waals surface area contributed by atoms with Gasteiger partial charge in [-0.15, -0.1) is 0 Å². The van der Waals surface area contributed by atoms with Crippen LogP contribution in [0.4, 0.5) is 0 Å². The molecule has 0 aromatic rings. The summed E-state index contributed by atoms with van der Waals surface area (Å²) in [6.07, 6.45) is 3.46. The van der Waals surface area contributed by atoms with Crippen molar-refractivity contribution in [2.45, 2.75) is 31.5 Å². The average Bonchev–Trinajstić information content (AvgIpc) is 2.16. The molecule has 0 heterocycles. The van der Waals surface area contributed by atoms with E-state index in [1.165, 1.54) is 0 Å². The first-order chi connectivity index (χ1) is 5.81. The highest BCUT2D eigenvalue weighted by Gasteiger charge is 2.29. The first-order valence-electron chi connectivity index (χ1n) is 4.48. The summed E-state index contributed by atoms with van der Waals surface area (Å²) in [6.45, 7) is 0.231. The van der Waals surface area contributed by atoms with E-state index in [0.717, 1.165) is 19.3 Å². The zero-order valence-corrected chi connectivity index (χ0v) is 7.82. The summed E-state index contributed by atoms with van der Waals surface area (Å²) >= 11 is 0. The van der Waals surface area contributed by atoms with Crippen molar-refractivity contribution in [1.29, 1.82) is 0 Å². The van der Waals surface area contributed by atoms with Crippen LogP contribution in [0.25, 0.3) is 0 Å². The Morgan fingerprint density at radius 1 is 1.25 bits per heavy atom. The van der Waals surface area contributed by atoms with Crippen molar-refractivity contribution in [2.24, 2.45) is 5.92 Å². The molecule has 1 saturated carbocycles. The Morgan fingerprint density at radius 2 is 2.00 bits per heavy atom. The monoisotopic (exact) mass is 174 g/mol. The van der Waals surface area contributed by atoms with Gasteiger partial charge >= 0.3 is 0 Å². The number of rotatable bonds is 3. The summed E-state index contributed by atoms with van der Waals surface area (Å²) in [4.78, 5) is 0. The first-order valence-corrected chi connectivity index (χ1v) is 4.48. The smallest absolute Gasteiger partial charge is 0.0646 e. The minimum absolute atomic E-state index is 0.175. The van der Waals surface area contributed by atoms with Crippen LogP contribution in [-0.2, 0) is 9.47 Å². The van der Waals surface area contributed by atoms with Gasteiger partial charge in [-0.2, -0.15) is 0 Å². The van der Waals surface area contributed by atoms with Crippen molar-refractivity contribution in [2.75, 3.05) is 20.8 Å². The second-order valence-electron chi connectivity index (χ2n) is 3.39. The van der Waals surface area contributed by atoms with E-state index in [0.29, 0.717) is 12.0 Å². The SMILES string of the molecule is COC1CCC(CO)C(OC)C1. The summed E-state index contributed by atoms with van der Waals surface area (Å²) in [5.41, 5.74) is 0. The number of hydrogen-bond acceptors (Lipinski definition) is 3. The Balaban J connectivity index is 2.41. The van der Waals surface area contributed by atoms with Crippen molar-refractivity contribution in [3.8, 4) is 0 Å². The van der Waals surface area contributed by atoms with E-state index in [2.05, 4.69) is 0 Å². The molecular formula is C9H18O3. The van der Waals surface area contributed by atoms with Crippen LogP contribution < -0.4 is 0 Å². The van der Waals surface area contributed by atoms with Crippen molar-refractivity contribution in [1.82, 2.24) is 0 Å². The maximum Gasteiger partial charge on any atom is 0.0646 e. The molecule has 3 unspecified atom stereocenters. The Bertz CT molecular complexity index is 127.